The molecule has 4 rings (SSSR count). The van der Waals surface area contributed by atoms with Crippen LogP contribution in [0.1, 0.15) is 5.56 Å². The first-order chi connectivity index (χ1) is 12.5. The molecule has 0 fully saturated rings. The molecule has 0 aliphatic rings. The molecule has 0 atom stereocenters. The predicted octanol–water partition coefficient (Wildman–Crippen LogP) is 5.08. The van der Waals surface area contributed by atoms with Gasteiger partial charge in [-0.05, 0) is 55.1 Å². The van der Waals surface area contributed by atoms with Gasteiger partial charge in [0.15, 0.2) is 8.73 Å². The van der Waals surface area contributed by atoms with E-state index in [9.17, 15) is 9.18 Å². The number of para-hydroxylation sites is 2. The summed E-state index contributed by atoms with van der Waals surface area (Å²) in [5, 5.41) is 0. The Bertz CT molecular complexity index is 1330. The first-order valence-electron chi connectivity index (χ1n) is 7.71. The van der Waals surface area contributed by atoms with Crippen LogP contribution in [0.25, 0.3) is 21.7 Å². The number of H-pyrrole nitrogens is 1. The number of aromatic nitrogens is 3. The average Bonchev–Trinajstić information content (AvgIpc) is 2.93. The molecule has 0 unspecified atom stereocenters. The number of halogens is 1. The van der Waals surface area contributed by atoms with Crippen molar-refractivity contribution >= 4 is 46.1 Å². The second-order valence-electron chi connectivity index (χ2n) is 5.69. The minimum Gasteiger partial charge on any atom is -0.316 e. The quantitative estimate of drug-likeness (QED) is 0.477. The van der Waals surface area contributed by atoms with Crippen molar-refractivity contribution in [2.45, 2.75) is 6.92 Å². The van der Waals surface area contributed by atoms with Crippen LogP contribution in [0, 0.1) is 21.5 Å². The molecule has 0 radical (unpaired) electrons. The van der Waals surface area contributed by atoms with Gasteiger partial charge in [-0.1, -0.05) is 41.7 Å². The fourth-order valence-electron chi connectivity index (χ4n) is 2.87. The molecule has 0 saturated heterocycles. The topological polar surface area (TPSA) is 42.7 Å². The summed E-state index contributed by atoms with van der Waals surface area (Å²) in [6.45, 7) is 1.97. The van der Waals surface area contributed by atoms with E-state index in [1.807, 2.05) is 31.2 Å². The number of aryl methyl sites for hydroxylation is 1. The lowest BCUT2D eigenvalue weighted by molar-refractivity contribution is 0.615. The molecule has 26 heavy (non-hydrogen) atoms. The Morgan fingerprint density at radius 2 is 1.65 bits per heavy atom. The van der Waals surface area contributed by atoms with Crippen molar-refractivity contribution in [3.63, 3.8) is 0 Å². The number of aromatic amines is 1. The van der Waals surface area contributed by atoms with Crippen molar-refractivity contribution in [3.8, 4) is 11.4 Å². The van der Waals surface area contributed by atoms with Gasteiger partial charge in [0, 0.05) is 0 Å². The van der Waals surface area contributed by atoms with Crippen LogP contribution in [-0.2, 0) is 0 Å². The van der Waals surface area contributed by atoms with Gasteiger partial charge in [-0.3, -0.25) is 9.36 Å². The van der Waals surface area contributed by atoms with E-state index in [0.717, 1.165) is 11.3 Å². The number of thiazole rings is 1. The van der Waals surface area contributed by atoms with E-state index in [2.05, 4.69) is 4.98 Å². The molecule has 2 heterocycles. The molecule has 4 nitrogen and oxygen atoms in total. The summed E-state index contributed by atoms with van der Waals surface area (Å²) in [6.07, 6.45) is 0. The maximum Gasteiger partial charge on any atom is 0.278 e. The Labute approximate surface area is 161 Å². The fourth-order valence-corrected chi connectivity index (χ4v) is 4.46. The van der Waals surface area contributed by atoms with Crippen molar-refractivity contribution < 1.29 is 4.39 Å². The highest BCUT2D eigenvalue weighted by Gasteiger charge is 2.17. The van der Waals surface area contributed by atoms with Crippen molar-refractivity contribution in [2.24, 2.45) is 0 Å². The van der Waals surface area contributed by atoms with Gasteiger partial charge in [-0.25, -0.2) is 8.96 Å². The van der Waals surface area contributed by atoms with E-state index in [1.54, 1.807) is 16.7 Å². The summed E-state index contributed by atoms with van der Waals surface area (Å²) in [5.74, 6) is -0.518. The summed E-state index contributed by atoms with van der Waals surface area (Å²) in [6, 6.07) is 13.8. The first-order valence-corrected chi connectivity index (χ1v) is 9.34. The lowest BCUT2D eigenvalue weighted by Gasteiger charge is -2.10. The molecule has 0 aliphatic carbocycles. The molecule has 0 saturated carbocycles. The average molecular weight is 402 g/mol. The Kier molecular flexibility index (Phi) is 4.18. The van der Waals surface area contributed by atoms with Crippen LogP contribution >= 0.6 is 35.8 Å². The Balaban J connectivity index is 2.11. The van der Waals surface area contributed by atoms with Crippen LogP contribution in [0.15, 0.2) is 53.3 Å². The number of nitrogens with zero attached hydrogens (tertiary/aromatic N) is 2. The van der Waals surface area contributed by atoms with Crippen LogP contribution in [-0.4, -0.2) is 14.1 Å². The monoisotopic (exact) mass is 401 g/mol. The smallest absolute Gasteiger partial charge is 0.278 e. The first kappa shape index (κ1) is 17.0. The highest BCUT2D eigenvalue weighted by atomic mass is 32.1. The molecule has 2 aromatic carbocycles. The summed E-state index contributed by atoms with van der Waals surface area (Å²) in [4.78, 5) is 16.1. The molecular weight excluding hydrogens is 389 g/mol. The lowest BCUT2D eigenvalue weighted by Crippen LogP contribution is -2.21. The summed E-state index contributed by atoms with van der Waals surface area (Å²) >= 11 is 12.0. The molecule has 130 valence electrons. The fraction of sp³-hybridized carbons (Fsp3) is 0.0556. The number of nitrogens with one attached hydrogen (secondary N) is 1. The third-order valence-electron chi connectivity index (χ3n) is 4.09. The molecular formula is C18H12FN3OS3. The minimum atomic E-state index is -0.518. The van der Waals surface area contributed by atoms with Gasteiger partial charge in [0.2, 0.25) is 0 Å². The summed E-state index contributed by atoms with van der Waals surface area (Å²) in [5.41, 5.74) is 2.13. The van der Waals surface area contributed by atoms with Crippen LogP contribution < -0.4 is 5.56 Å². The zero-order valence-corrected chi connectivity index (χ0v) is 16.0. The zero-order chi connectivity index (χ0) is 18.4. The Morgan fingerprint density at radius 1 is 1.00 bits per heavy atom. The zero-order valence-electron chi connectivity index (χ0n) is 13.5. The largest absolute Gasteiger partial charge is 0.316 e. The highest BCUT2D eigenvalue weighted by molar-refractivity contribution is 7.73. The van der Waals surface area contributed by atoms with Gasteiger partial charge in [-0.15, -0.1) is 0 Å². The van der Waals surface area contributed by atoms with E-state index in [1.165, 1.54) is 28.0 Å². The molecule has 8 heteroatoms. The molecule has 1 N–H and O–H groups in total. The SMILES string of the molecule is Cc1ccccc1-n1c(=S)sc2c(=O)n(-c3ccccc3F)c(=S)[nH]c21. The molecule has 0 spiro atoms. The van der Waals surface area contributed by atoms with Crippen molar-refractivity contribution in [1.82, 2.24) is 14.1 Å². The molecule has 0 bridgehead atoms. The van der Waals surface area contributed by atoms with Gasteiger partial charge in [0.1, 0.15) is 16.2 Å². The second kappa shape index (κ2) is 6.39. The number of benzene rings is 2. The number of hydrogen-bond donors (Lipinski definition) is 1. The molecule has 2 aromatic heterocycles. The van der Waals surface area contributed by atoms with Crippen LogP contribution in [0.4, 0.5) is 4.39 Å². The molecule has 0 aliphatic heterocycles. The van der Waals surface area contributed by atoms with Crippen molar-refractivity contribution in [3.05, 3.63) is 79.0 Å². The summed E-state index contributed by atoms with van der Waals surface area (Å²) < 4.78 is 18.2. The van der Waals surface area contributed by atoms with Gasteiger partial charge >= 0.3 is 0 Å². The maximum atomic E-state index is 14.2. The van der Waals surface area contributed by atoms with E-state index < -0.39 is 11.4 Å². The maximum absolute atomic E-state index is 14.2. The van der Waals surface area contributed by atoms with E-state index in [4.69, 9.17) is 24.4 Å². The molecule has 4 aromatic rings. The Morgan fingerprint density at radius 3 is 2.35 bits per heavy atom. The van der Waals surface area contributed by atoms with E-state index in [0.29, 0.717) is 14.3 Å². The molecule has 0 amide bonds. The number of hydrogen-bond acceptors (Lipinski definition) is 4. The van der Waals surface area contributed by atoms with Crippen molar-refractivity contribution in [1.29, 1.82) is 0 Å². The van der Waals surface area contributed by atoms with Crippen LogP contribution in [0.2, 0.25) is 0 Å². The predicted molar refractivity (Wildman–Crippen MR) is 107 cm³/mol. The van der Waals surface area contributed by atoms with Gasteiger partial charge in [0.25, 0.3) is 5.56 Å². The van der Waals surface area contributed by atoms with Crippen LogP contribution in [0.5, 0.6) is 0 Å². The summed E-state index contributed by atoms with van der Waals surface area (Å²) in [7, 11) is 0. The Hall–Kier alpha value is -2.42. The lowest BCUT2D eigenvalue weighted by atomic mass is 10.2. The van der Waals surface area contributed by atoms with Gasteiger partial charge < -0.3 is 4.98 Å². The minimum absolute atomic E-state index is 0.113. The third kappa shape index (κ3) is 2.57. The van der Waals surface area contributed by atoms with Crippen LogP contribution in [0.3, 0.4) is 0 Å². The highest BCUT2D eigenvalue weighted by Crippen LogP contribution is 2.25. The van der Waals surface area contributed by atoms with E-state index in [-0.39, 0.29) is 10.5 Å². The van der Waals surface area contributed by atoms with Crippen molar-refractivity contribution in [2.75, 3.05) is 0 Å². The normalized spacial score (nSPS) is 11.2. The van der Waals surface area contributed by atoms with Gasteiger partial charge in [-0.2, -0.15) is 0 Å². The third-order valence-corrected chi connectivity index (χ3v) is 5.73. The number of fused-ring (bicyclic) bond motifs is 1. The standard InChI is InChI=1S/C18H12FN3OS3/c1-10-6-2-4-8-12(10)21-15-14(26-18(21)25)16(23)22(17(24)20-15)13-9-5-3-7-11(13)19/h2-9H,1H3,(H,20,24). The number of rotatable bonds is 2. The second-order valence-corrected chi connectivity index (χ2v) is 7.72. The van der Waals surface area contributed by atoms with E-state index >= 15 is 0 Å². The van der Waals surface area contributed by atoms with Gasteiger partial charge in [0.05, 0.1) is 11.4 Å².